The van der Waals surface area contributed by atoms with Crippen molar-refractivity contribution in [3.05, 3.63) is 36.5 Å². The lowest BCUT2D eigenvalue weighted by Gasteiger charge is -2.37. The Bertz CT molecular complexity index is 798. The van der Waals surface area contributed by atoms with Gasteiger partial charge in [0.05, 0.1) is 5.69 Å². The van der Waals surface area contributed by atoms with Gasteiger partial charge in [0.15, 0.2) is 0 Å². The number of hydrogen-bond acceptors (Lipinski definition) is 5. The van der Waals surface area contributed by atoms with Crippen LogP contribution in [0.5, 0.6) is 0 Å². The molecule has 2 aromatic rings. The maximum atomic E-state index is 12.6. The van der Waals surface area contributed by atoms with Gasteiger partial charge in [-0.25, -0.2) is 9.97 Å². The fourth-order valence-corrected chi connectivity index (χ4v) is 4.05. The number of carbonyl (C=O) groups is 1. The largest absolute Gasteiger partial charge is 0.378 e. The van der Waals surface area contributed by atoms with Crippen molar-refractivity contribution in [2.24, 2.45) is 0 Å². The molecule has 1 aromatic carbocycles. The first-order valence-electron chi connectivity index (χ1n) is 9.77. The standard InChI is InChI=1S/C21H27N5O/c1-24(2)17-9-7-16(8-10-17)19-11-12-22-21(23-19)25-13-14-26(20(27)15-25)18-5-3-4-6-18/h7-12,18H,3-6,13-15H2,1-2H3. The van der Waals surface area contributed by atoms with Gasteiger partial charge < -0.3 is 14.7 Å². The first-order chi connectivity index (χ1) is 13.1. The predicted octanol–water partition coefficient (Wildman–Crippen LogP) is 2.80. The van der Waals surface area contributed by atoms with Crippen LogP contribution in [0.15, 0.2) is 36.5 Å². The van der Waals surface area contributed by atoms with Crippen molar-refractivity contribution >= 4 is 17.5 Å². The predicted molar refractivity (Wildman–Crippen MR) is 108 cm³/mol. The Morgan fingerprint density at radius 3 is 2.44 bits per heavy atom. The van der Waals surface area contributed by atoms with Gasteiger partial charge in [0.1, 0.15) is 6.54 Å². The van der Waals surface area contributed by atoms with Gasteiger partial charge in [-0.15, -0.1) is 0 Å². The molecule has 1 saturated heterocycles. The number of hydrogen-bond donors (Lipinski definition) is 0. The molecule has 0 radical (unpaired) electrons. The third kappa shape index (κ3) is 3.75. The first kappa shape index (κ1) is 17.8. The lowest BCUT2D eigenvalue weighted by Crippen LogP contribution is -2.54. The van der Waals surface area contributed by atoms with Crippen LogP contribution in [0.4, 0.5) is 11.6 Å². The van der Waals surface area contributed by atoms with Crippen LogP contribution in [0.1, 0.15) is 25.7 Å². The van der Waals surface area contributed by atoms with E-state index in [1.165, 1.54) is 12.8 Å². The van der Waals surface area contributed by atoms with E-state index < -0.39 is 0 Å². The van der Waals surface area contributed by atoms with E-state index in [4.69, 9.17) is 4.98 Å². The molecule has 6 heteroatoms. The molecule has 2 aliphatic rings. The van der Waals surface area contributed by atoms with E-state index in [2.05, 4.69) is 39.0 Å². The molecule has 142 valence electrons. The topological polar surface area (TPSA) is 52.6 Å². The van der Waals surface area contributed by atoms with Crippen molar-refractivity contribution in [1.29, 1.82) is 0 Å². The highest BCUT2D eigenvalue weighted by Gasteiger charge is 2.32. The van der Waals surface area contributed by atoms with Crippen molar-refractivity contribution in [1.82, 2.24) is 14.9 Å². The Balaban J connectivity index is 1.48. The summed E-state index contributed by atoms with van der Waals surface area (Å²) < 4.78 is 0. The van der Waals surface area contributed by atoms with Crippen LogP contribution in [-0.2, 0) is 4.79 Å². The Morgan fingerprint density at radius 1 is 1.04 bits per heavy atom. The summed E-state index contributed by atoms with van der Waals surface area (Å²) in [5.41, 5.74) is 3.10. The number of anilines is 2. The number of benzene rings is 1. The number of carbonyl (C=O) groups excluding carboxylic acids is 1. The van der Waals surface area contributed by atoms with Crippen molar-refractivity contribution in [2.75, 3.05) is 43.5 Å². The normalized spacial score (nSPS) is 18.2. The van der Waals surface area contributed by atoms with E-state index in [-0.39, 0.29) is 5.91 Å². The maximum absolute atomic E-state index is 12.6. The molecule has 1 amide bonds. The van der Waals surface area contributed by atoms with Gasteiger partial charge in [0.25, 0.3) is 0 Å². The lowest BCUT2D eigenvalue weighted by atomic mass is 10.1. The van der Waals surface area contributed by atoms with Crippen molar-refractivity contribution in [3.63, 3.8) is 0 Å². The molecule has 2 heterocycles. The summed E-state index contributed by atoms with van der Waals surface area (Å²) in [5, 5.41) is 0. The fourth-order valence-electron chi connectivity index (χ4n) is 4.05. The molecule has 0 spiro atoms. The second kappa shape index (κ2) is 7.55. The Morgan fingerprint density at radius 2 is 1.78 bits per heavy atom. The summed E-state index contributed by atoms with van der Waals surface area (Å²) >= 11 is 0. The van der Waals surface area contributed by atoms with E-state index in [0.717, 1.165) is 42.9 Å². The molecule has 2 fully saturated rings. The van der Waals surface area contributed by atoms with Crippen LogP contribution in [0.3, 0.4) is 0 Å². The number of aromatic nitrogens is 2. The first-order valence-corrected chi connectivity index (χ1v) is 9.77. The molecule has 27 heavy (non-hydrogen) atoms. The average molecular weight is 365 g/mol. The Hall–Kier alpha value is -2.63. The maximum Gasteiger partial charge on any atom is 0.242 e. The van der Waals surface area contributed by atoms with E-state index in [1.54, 1.807) is 6.20 Å². The summed E-state index contributed by atoms with van der Waals surface area (Å²) in [5.74, 6) is 0.848. The minimum Gasteiger partial charge on any atom is -0.378 e. The second-order valence-electron chi connectivity index (χ2n) is 7.63. The molecular weight excluding hydrogens is 338 g/mol. The average Bonchev–Trinajstić information content (AvgIpc) is 3.22. The van der Waals surface area contributed by atoms with Gasteiger partial charge in [-0.3, -0.25) is 4.79 Å². The molecule has 0 N–H and O–H groups in total. The van der Waals surface area contributed by atoms with Crippen LogP contribution in [0, 0.1) is 0 Å². The summed E-state index contributed by atoms with van der Waals surface area (Å²) in [6, 6.07) is 10.7. The quantitative estimate of drug-likeness (QED) is 0.834. The highest BCUT2D eigenvalue weighted by Crippen LogP contribution is 2.26. The Kier molecular flexibility index (Phi) is 4.97. The monoisotopic (exact) mass is 365 g/mol. The van der Waals surface area contributed by atoms with Gasteiger partial charge in [0.2, 0.25) is 11.9 Å². The zero-order chi connectivity index (χ0) is 18.8. The summed E-state index contributed by atoms with van der Waals surface area (Å²) in [6.45, 7) is 1.94. The number of rotatable bonds is 4. The van der Waals surface area contributed by atoms with Gasteiger partial charge in [-0.1, -0.05) is 25.0 Å². The van der Waals surface area contributed by atoms with Crippen molar-refractivity contribution in [3.8, 4) is 11.3 Å². The van der Waals surface area contributed by atoms with Crippen LogP contribution in [0.2, 0.25) is 0 Å². The highest BCUT2D eigenvalue weighted by atomic mass is 16.2. The molecular formula is C21H27N5O. The van der Waals surface area contributed by atoms with Crippen LogP contribution >= 0.6 is 0 Å². The minimum atomic E-state index is 0.206. The third-order valence-corrected chi connectivity index (χ3v) is 5.63. The molecule has 4 rings (SSSR count). The molecule has 1 aliphatic carbocycles. The van der Waals surface area contributed by atoms with Crippen LogP contribution < -0.4 is 9.80 Å². The summed E-state index contributed by atoms with van der Waals surface area (Å²) in [4.78, 5) is 28.0. The minimum absolute atomic E-state index is 0.206. The number of amides is 1. The molecule has 0 bridgehead atoms. The van der Waals surface area contributed by atoms with Crippen LogP contribution in [0.25, 0.3) is 11.3 Å². The van der Waals surface area contributed by atoms with Gasteiger partial charge in [-0.05, 0) is 31.0 Å². The van der Waals surface area contributed by atoms with Gasteiger partial charge >= 0.3 is 0 Å². The molecule has 0 atom stereocenters. The third-order valence-electron chi connectivity index (χ3n) is 5.63. The molecule has 1 aromatic heterocycles. The smallest absolute Gasteiger partial charge is 0.242 e. The van der Waals surface area contributed by atoms with E-state index >= 15 is 0 Å². The van der Waals surface area contributed by atoms with E-state index in [0.29, 0.717) is 18.5 Å². The van der Waals surface area contributed by atoms with E-state index in [9.17, 15) is 4.79 Å². The van der Waals surface area contributed by atoms with E-state index in [1.807, 2.05) is 25.1 Å². The summed E-state index contributed by atoms with van der Waals surface area (Å²) in [6.07, 6.45) is 6.58. The number of piperazine rings is 1. The fraction of sp³-hybridized carbons (Fsp3) is 0.476. The Labute approximate surface area is 160 Å². The lowest BCUT2D eigenvalue weighted by molar-refractivity contribution is -0.133. The summed E-state index contributed by atoms with van der Waals surface area (Å²) in [7, 11) is 4.06. The zero-order valence-electron chi connectivity index (χ0n) is 16.1. The second-order valence-corrected chi connectivity index (χ2v) is 7.63. The zero-order valence-corrected chi connectivity index (χ0v) is 16.1. The number of nitrogens with zero attached hydrogens (tertiary/aromatic N) is 5. The molecule has 0 unspecified atom stereocenters. The van der Waals surface area contributed by atoms with Crippen molar-refractivity contribution < 1.29 is 4.79 Å². The molecule has 6 nitrogen and oxygen atoms in total. The SMILES string of the molecule is CN(C)c1ccc(-c2ccnc(N3CCN(C4CCCC4)C(=O)C3)n2)cc1. The highest BCUT2D eigenvalue weighted by molar-refractivity contribution is 5.82. The van der Waals surface area contributed by atoms with Crippen molar-refractivity contribution in [2.45, 2.75) is 31.7 Å². The molecule has 1 aliphatic heterocycles. The van der Waals surface area contributed by atoms with Gasteiger partial charge in [0, 0.05) is 50.7 Å². The van der Waals surface area contributed by atoms with Gasteiger partial charge in [-0.2, -0.15) is 0 Å². The molecule has 1 saturated carbocycles. The van der Waals surface area contributed by atoms with Crippen LogP contribution in [-0.4, -0.2) is 60.5 Å².